The lowest BCUT2D eigenvalue weighted by molar-refractivity contribution is -0.116. The molecule has 0 aliphatic rings. The maximum Gasteiger partial charge on any atom is 0.325 e. The van der Waals surface area contributed by atoms with Crippen LogP contribution in [-0.2, 0) is 11.2 Å². The van der Waals surface area contributed by atoms with Crippen molar-refractivity contribution in [3.8, 4) is 0 Å². The topological polar surface area (TPSA) is 109 Å². The molecule has 0 spiro atoms. The van der Waals surface area contributed by atoms with E-state index >= 15 is 0 Å². The maximum atomic E-state index is 12.1. The van der Waals surface area contributed by atoms with Crippen molar-refractivity contribution < 1.29 is 9.59 Å². The summed E-state index contributed by atoms with van der Waals surface area (Å²) in [4.78, 5) is 28.4. The highest BCUT2D eigenvalue weighted by Gasteiger charge is 2.11. The van der Waals surface area contributed by atoms with Gasteiger partial charge >= 0.3 is 6.03 Å². The Morgan fingerprint density at radius 2 is 2.03 bits per heavy atom. The standard InChI is InChI=1S/C17H17ClN6O2S3/c1-2-27-17-24-23-16(29-17)21-13(25)7-6-12-9-28-15(20-12)22-14(26)19-11-5-3-4-10(18)8-11/h3-5,8-9H,2,6-7H2,1H3,(H,21,23,25)(H2,19,20,22,26). The van der Waals surface area contributed by atoms with E-state index in [2.05, 4.69) is 31.1 Å². The number of amides is 3. The van der Waals surface area contributed by atoms with Crippen LogP contribution >= 0.6 is 46.0 Å². The molecule has 0 saturated carbocycles. The SMILES string of the molecule is CCSc1nnc(NC(=O)CCc2csc(NC(=O)Nc3cccc(Cl)c3)n2)s1. The molecule has 3 aromatic rings. The Balaban J connectivity index is 1.44. The van der Waals surface area contributed by atoms with E-state index in [0.29, 0.717) is 27.4 Å². The summed E-state index contributed by atoms with van der Waals surface area (Å²) in [6, 6.07) is 6.44. The minimum atomic E-state index is -0.414. The first-order chi connectivity index (χ1) is 14.0. The fourth-order valence-corrected chi connectivity index (χ4v) is 4.77. The monoisotopic (exact) mass is 468 g/mol. The van der Waals surface area contributed by atoms with E-state index in [0.717, 1.165) is 15.8 Å². The van der Waals surface area contributed by atoms with Gasteiger partial charge in [0, 0.05) is 22.5 Å². The first-order valence-corrected chi connectivity index (χ1v) is 11.6. The van der Waals surface area contributed by atoms with Crippen LogP contribution in [0.3, 0.4) is 0 Å². The molecule has 0 aliphatic heterocycles. The van der Waals surface area contributed by atoms with E-state index in [4.69, 9.17) is 11.6 Å². The molecular formula is C17H17ClN6O2S3. The molecular weight excluding hydrogens is 452 g/mol. The number of aromatic nitrogens is 3. The first-order valence-electron chi connectivity index (χ1n) is 8.56. The van der Waals surface area contributed by atoms with Crippen LogP contribution in [0.25, 0.3) is 0 Å². The number of nitrogens with zero attached hydrogens (tertiary/aromatic N) is 3. The van der Waals surface area contributed by atoms with Crippen LogP contribution in [0.2, 0.25) is 5.02 Å². The molecule has 29 heavy (non-hydrogen) atoms. The summed E-state index contributed by atoms with van der Waals surface area (Å²) < 4.78 is 0.828. The van der Waals surface area contributed by atoms with Gasteiger partial charge in [0.25, 0.3) is 0 Å². The molecule has 0 fully saturated rings. The second-order valence-corrected chi connectivity index (χ2v) is 9.37. The number of nitrogens with one attached hydrogen (secondary N) is 3. The van der Waals surface area contributed by atoms with Crippen LogP contribution in [0.15, 0.2) is 34.0 Å². The summed E-state index contributed by atoms with van der Waals surface area (Å²) in [7, 11) is 0. The minimum Gasteiger partial charge on any atom is -0.308 e. The summed E-state index contributed by atoms with van der Waals surface area (Å²) in [5, 5.41) is 19.3. The van der Waals surface area contributed by atoms with E-state index in [1.807, 2.05) is 12.3 Å². The number of hydrogen-bond donors (Lipinski definition) is 3. The number of urea groups is 1. The van der Waals surface area contributed by atoms with Crippen molar-refractivity contribution in [2.45, 2.75) is 24.1 Å². The van der Waals surface area contributed by atoms with Crippen molar-refractivity contribution in [3.05, 3.63) is 40.4 Å². The van der Waals surface area contributed by atoms with Gasteiger partial charge in [-0.25, -0.2) is 9.78 Å². The Labute approximate surface area is 184 Å². The van der Waals surface area contributed by atoms with Gasteiger partial charge in [-0.1, -0.05) is 47.7 Å². The largest absolute Gasteiger partial charge is 0.325 e. The zero-order chi connectivity index (χ0) is 20.6. The fraction of sp³-hybridized carbons (Fsp3) is 0.235. The third kappa shape index (κ3) is 6.96. The molecule has 3 rings (SSSR count). The van der Waals surface area contributed by atoms with E-state index < -0.39 is 6.03 Å². The van der Waals surface area contributed by atoms with Crippen molar-refractivity contribution in [1.82, 2.24) is 15.2 Å². The van der Waals surface area contributed by atoms with Gasteiger partial charge in [-0.3, -0.25) is 10.1 Å². The molecule has 152 valence electrons. The quantitative estimate of drug-likeness (QED) is 0.318. The normalized spacial score (nSPS) is 10.6. The van der Waals surface area contributed by atoms with Crippen LogP contribution < -0.4 is 16.0 Å². The second-order valence-electron chi connectivity index (χ2n) is 5.59. The summed E-state index contributed by atoms with van der Waals surface area (Å²) >= 11 is 10.1. The summed E-state index contributed by atoms with van der Waals surface area (Å²) in [6.45, 7) is 2.03. The highest BCUT2D eigenvalue weighted by molar-refractivity contribution is 8.01. The number of rotatable bonds is 8. The number of thiazole rings is 1. The van der Waals surface area contributed by atoms with Crippen molar-refractivity contribution in [1.29, 1.82) is 0 Å². The Kier molecular flexibility index (Phi) is 7.81. The average Bonchev–Trinajstić information content (AvgIpc) is 3.30. The van der Waals surface area contributed by atoms with Gasteiger partial charge in [-0.05, 0) is 30.4 Å². The number of thioether (sulfide) groups is 1. The molecule has 3 amide bonds. The lowest BCUT2D eigenvalue weighted by Gasteiger charge is -2.05. The third-order valence-electron chi connectivity index (χ3n) is 3.38. The van der Waals surface area contributed by atoms with Gasteiger partial charge in [0.2, 0.25) is 11.0 Å². The van der Waals surface area contributed by atoms with Gasteiger partial charge in [0.1, 0.15) is 0 Å². The Bertz CT molecular complexity index is 993. The molecule has 8 nitrogen and oxygen atoms in total. The Morgan fingerprint density at radius 1 is 1.17 bits per heavy atom. The number of halogens is 1. The molecule has 2 heterocycles. The average molecular weight is 469 g/mol. The highest BCUT2D eigenvalue weighted by Crippen LogP contribution is 2.25. The van der Waals surface area contributed by atoms with E-state index in [-0.39, 0.29) is 12.3 Å². The molecule has 2 aromatic heterocycles. The minimum absolute atomic E-state index is 0.157. The molecule has 0 atom stereocenters. The Hall–Kier alpha value is -2.21. The van der Waals surface area contributed by atoms with Gasteiger partial charge in [-0.15, -0.1) is 21.5 Å². The number of anilines is 3. The molecule has 0 radical (unpaired) electrons. The van der Waals surface area contributed by atoms with Crippen molar-refractivity contribution in [2.75, 3.05) is 21.7 Å². The number of benzene rings is 1. The van der Waals surface area contributed by atoms with Crippen molar-refractivity contribution >= 4 is 73.9 Å². The van der Waals surface area contributed by atoms with Gasteiger partial charge in [0.05, 0.1) is 5.69 Å². The predicted octanol–water partition coefficient (Wildman–Crippen LogP) is 4.98. The zero-order valence-corrected chi connectivity index (χ0v) is 18.5. The molecule has 0 aliphatic carbocycles. The van der Waals surface area contributed by atoms with Gasteiger partial charge in [0.15, 0.2) is 9.47 Å². The second kappa shape index (κ2) is 10.5. The molecule has 3 N–H and O–H groups in total. The molecule has 0 saturated heterocycles. The lowest BCUT2D eigenvalue weighted by Crippen LogP contribution is -2.19. The lowest BCUT2D eigenvalue weighted by atomic mass is 10.2. The summed E-state index contributed by atoms with van der Waals surface area (Å²) in [5.74, 6) is 0.746. The maximum absolute atomic E-state index is 12.1. The van der Waals surface area contributed by atoms with Crippen LogP contribution in [0.4, 0.5) is 20.7 Å². The van der Waals surface area contributed by atoms with Gasteiger partial charge in [-0.2, -0.15) is 0 Å². The van der Waals surface area contributed by atoms with Gasteiger partial charge < -0.3 is 10.6 Å². The third-order valence-corrected chi connectivity index (χ3v) is 6.28. The van der Waals surface area contributed by atoms with Crippen molar-refractivity contribution in [3.63, 3.8) is 0 Å². The number of aryl methyl sites for hydroxylation is 1. The highest BCUT2D eigenvalue weighted by atomic mass is 35.5. The number of carbonyl (C=O) groups is 2. The van der Waals surface area contributed by atoms with Crippen molar-refractivity contribution in [2.24, 2.45) is 0 Å². The number of carbonyl (C=O) groups excluding carboxylic acids is 2. The fourth-order valence-electron chi connectivity index (χ4n) is 2.17. The molecule has 0 unspecified atom stereocenters. The van der Waals surface area contributed by atoms with E-state index in [1.54, 1.807) is 36.0 Å². The molecule has 0 bridgehead atoms. The number of hydrogen-bond acceptors (Lipinski definition) is 8. The molecule has 1 aromatic carbocycles. The van der Waals surface area contributed by atoms with Crippen LogP contribution in [0, 0.1) is 0 Å². The smallest absolute Gasteiger partial charge is 0.308 e. The van der Waals surface area contributed by atoms with Crippen LogP contribution in [-0.4, -0.2) is 32.9 Å². The summed E-state index contributed by atoms with van der Waals surface area (Å²) in [5.41, 5.74) is 1.31. The predicted molar refractivity (Wildman–Crippen MR) is 119 cm³/mol. The summed E-state index contributed by atoms with van der Waals surface area (Å²) in [6.07, 6.45) is 0.711. The zero-order valence-electron chi connectivity index (χ0n) is 15.3. The van der Waals surface area contributed by atoms with Crippen LogP contribution in [0.1, 0.15) is 19.0 Å². The molecule has 12 heteroatoms. The first kappa shape index (κ1) is 21.5. The van der Waals surface area contributed by atoms with Crippen LogP contribution in [0.5, 0.6) is 0 Å². The Morgan fingerprint density at radius 3 is 2.83 bits per heavy atom. The van der Waals surface area contributed by atoms with E-state index in [1.165, 1.54) is 22.7 Å². The van der Waals surface area contributed by atoms with E-state index in [9.17, 15) is 9.59 Å².